The summed E-state index contributed by atoms with van der Waals surface area (Å²) in [5.74, 6) is -4.05. The van der Waals surface area contributed by atoms with Gasteiger partial charge in [-0.3, -0.25) is 4.79 Å². The molecule has 0 saturated heterocycles. The standard InChI is InChI=1S/C19H17Cl2F3N2O/c20-13-2-3-15(21)14(9-13)18(27)26-17(12-1-4-16(22)25-10-12)11-5-7-19(23,24)8-6-11/h1-4,9-11,17H,5-8H2,(H,26,27). The van der Waals surface area contributed by atoms with Gasteiger partial charge >= 0.3 is 0 Å². The zero-order valence-electron chi connectivity index (χ0n) is 14.2. The lowest BCUT2D eigenvalue weighted by molar-refractivity contribution is -0.0494. The van der Waals surface area contributed by atoms with Gasteiger partial charge in [-0.25, -0.2) is 13.8 Å². The maximum atomic E-state index is 13.5. The first-order chi connectivity index (χ1) is 12.7. The third-order valence-electron chi connectivity index (χ3n) is 4.80. The van der Waals surface area contributed by atoms with Gasteiger partial charge in [0.25, 0.3) is 5.91 Å². The number of carbonyl (C=O) groups excluding carboxylic acids is 1. The van der Waals surface area contributed by atoms with Crippen molar-refractivity contribution in [2.45, 2.75) is 37.6 Å². The van der Waals surface area contributed by atoms with Crippen LogP contribution in [0.15, 0.2) is 36.5 Å². The largest absolute Gasteiger partial charge is 0.345 e. The Morgan fingerprint density at radius 1 is 1.19 bits per heavy atom. The molecule has 0 radical (unpaired) electrons. The molecule has 1 aromatic heterocycles. The summed E-state index contributed by atoms with van der Waals surface area (Å²) in [6.45, 7) is 0. The lowest BCUT2D eigenvalue weighted by atomic mass is 9.80. The molecule has 8 heteroatoms. The molecule has 2 aromatic rings. The Morgan fingerprint density at radius 3 is 2.52 bits per heavy atom. The summed E-state index contributed by atoms with van der Waals surface area (Å²) in [4.78, 5) is 16.4. The number of nitrogens with zero attached hydrogens (tertiary/aromatic N) is 1. The maximum absolute atomic E-state index is 13.5. The van der Waals surface area contributed by atoms with Crippen LogP contribution < -0.4 is 5.32 Å². The van der Waals surface area contributed by atoms with Crippen molar-refractivity contribution in [1.82, 2.24) is 10.3 Å². The molecule has 1 saturated carbocycles. The average Bonchev–Trinajstić information content (AvgIpc) is 2.63. The molecule has 1 heterocycles. The minimum Gasteiger partial charge on any atom is -0.345 e. The molecule has 0 spiro atoms. The summed E-state index contributed by atoms with van der Waals surface area (Å²) in [5.41, 5.74) is 0.739. The van der Waals surface area contributed by atoms with E-state index < -0.39 is 23.8 Å². The van der Waals surface area contributed by atoms with Crippen molar-refractivity contribution in [2.75, 3.05) is 0 Å². The van der Waals surface area contributed by atoms with Crippen molar-refractivity contribution in [3.05, 3.63) is 63.6 Å². The summed E-state index contributed by atoms with van der Waals surface area (Å²) in [5, 5.41) is 3.42. The summed E-state index contributed by atoms with van der Waals surface area (Å²) in [6.07, 6.45) is 1.27. The van der Waals surface area contributed by atoms with E-state index in [4.69, 9.17) is 23.2 Å². The van der Waals surface area contributed by atoms with E-state index in [1.165, 1.54) is 30.5 Å². The van der Waals surface area contributed by atoms with Crippen LogP contribution in [0.25, 0.3) is 0 Å². The third-order valence-corrected chi connectivity index (χ3v) is 5.37. The fraction of sp³-hybridized carbons (Fsp3) is 0.368. The van der Waals surface area contributed by atoms with E-state index in [0.29, 0.717) is 10.6 Å². The number of pyridine rings is 1. The van der Waals surface area contributed by atoms with E-state index in [0.717, 1.165) is 0 Å². The van der Waals surface area contributed by atoms with Gasteiger partial charge in [-0.1, -0.05) is 29.3 Å². The molecule has 27 heavy (non-hydrogen) atoms. The number of amides is 1. The Hall–Kier alpha value is -1.79. The van der Waals surface area contributed by atoms with Gasteiger partial charge < -0.3 is 5.32 Å². The van der Waals surface area contributed by atoms with Gasteiger partial charge in [0.05, 0.1) is 16.6 Å². The number of hydrogen-bond donors (Lipinski definition) is 1. The van der Waals surface area contributed by atoms with Crippen LogP contribution in [0.4, 0.5) is 13.2 Å². The fourth-order valence-corrected chi connectivity index (χ4v) is 3.71. The van der Waals surface area contributed by atoms with Crippen molar-refractivity contribution in [1.29, 1.82) is 0 Å². The highest BCUT2D eigenvalue weighted by atomic mass is 35.5. The predicted molar refractivity (Wildman–Crippen MR) is 97.8 cm³/mol. The Kier molecular flexibility index (Phi) is 5.96. The lowest BCUT2D eigenvalue weighted by Crippen LogP contribution is -2.37. The topological polar surface area (TPSA) is 42.0 Å². The molecule has 1 N–H and O–H groups in total. The van der Waals surface area contributed by atoms with Crippen LogP contribution in [0.2, 0.25) is 10.0 Å². The first kappa shape index (κ1) is 20.0. The third kappa shape index (κ3) is 4.93. The van der Waals surface area contributed by atoms with Crippen LogP contribution in [0.3, 0.4) is 0 Å². The van der Waals surface area contributed by atoms with Crippen LogP contribution in [-0.2, 0) is 0 Å². The summed E-state index contributed by atoms with van der Waals surface area (Å²) in [6, 6.07) is 6.60. The number of benzene rings is 1. The zero-order chi connectivity index (χ0) is 19.6. The second-order valence-electron chi connectivity index (χ2n) is 6.68. The molecule has 3 nitrogen and oxygen atoms in total. The zero-order valence-corrected chi connectivity index (χ0v) is 15.7. The van der Waals surface area contributed by atoms with Crippen molar-refractivity contribution in [3.63, 3.8) is 0 Å². The number of alkyl halides is 2. The summed E-state index contributed by atoms with van der Waals surface area (Å²) >= 11 is 12.0. The minimum absolute atomic E-state index is 0.186. The molecular weight excluding hydrogens is 400 g/mol. The van der Waals surface area contributed by atoms with Crippen LogP contribution in [0, 0.1) is 11.9 Å². The van der Waals surface area contributed by atoms with Gasteiger partial charge in [0.15, 0.2) is 0 Å². The predicted octanol–water partition coefficient (Wildman–Crippen LogP) is 5.82. The van der Waals surface area contributed by atoms with Gasteiger partial charge in [-0.2, -0.15) is 4.39 Å². The molecule has 144 valence electrons. The first-order valence-corrected chi connectivity index (χ1v) is 9.26. The molecule has 3 rings (SSSR count). The molecule has 1 unspecified atom stereocenters. The van der Waals surface area contributed by atoms with Crippen LogP contribution in [0.5, 0.6) is 0 Å². The molecule has 0 bridgehead atoms. The first-order valence-electron chi connectivity index (χ1n) is 8.50. The summed E-state index contributed by atoms with van der Waals surface area (Å²) in [7, 11) is 0. The number of aromatic nitrogens is 1. The van der Waals surface area contributed by atoms with Gasteiger partial charge in [0, 0.05) is 24.1 Å². The van der Waals surface area contributed by atoms with E-state index in [1.807, 2.05) is 0 Å². The van der Waals surface area contributed by atoms with Crippen molar-refractivity contribution in [3.8, 4) is 0 Å². The van der Waals surface area contributed by atoms with Crippen molar-refractivity contribution >= 4 is 29.1 Å². The van der Waals surface area contributed by atoms with Gasteiger partial charge in [0.2, 0.25) is 11.9 Å². The SMILES string of the molecule is O=C(NC(c1ccc(F)nc1)C1CCC(F)(F)CC1)c1cc(Cl)ccc1Cl. The second kappa shape index (κ2) is 8.07. The highest BCUT2D eigenvalue weighted by molar-refractivity contribution is 6.35. The van der Waals surface area contributed by atoms with Crippen molar-refractivity contribution in [2.24, 2.45) is 5.92 Å². The molecule has 1 fully saturated rings. The second-order valence-corrected chi connectivity index (χ2v) is 7.53. The average molecular weight is 417 g/mol. The van der Waals surface area contributed by atoms with Crippen LogP contribution >= 0.6 is 23.2 Å². The van der Waals surface area contributed by atoms with Gasteiger partial charge in [0.1, 0.15) is 0 Å². The smallest absolute Gasteiger partial charge is 0.253 e. The number of hydrogen-bond acceptors (Lipinski definition) is 2. The number of halogens is 5. The molecule has 1 atom stereocenters. The Morgan fingerprint density at radius 2 is 1.89 bits per heavy atom. The molecule has 1 aliphatic carbocycles. The van der Waals surface area contributed by atoms with Gasteiger partial charge in [-0.15, -0.1) is 0 Å². The minimum atomic E-state index is -2.69. The Labute approximate surface area is 164 Å². The molecule has 1 aliphatic rings. The van der Waals surface area contributed by atoms with Crippen LogP contribution in [-0.4, -0.2) is 16.8 Å². The Bertz CT molecular complexity index is 820. The lowest BCUT2D eigenvalue weighted by Gasteiger charge is -2.34. The molecule has 0 aliphatic heterocycles. The highest BCUT2D eigenvalue weighted by Gasteiger charge is 2.38. The quantitative estimate of drug-likeness (QED) is 0.637. The number of nitrogens with one attached hydrogen (secondary N) is 1. The Balaban J connectivity index is 1.86. The maximum Gasteiger partial charge on any atom is 0.253 e. The number of rotatable bonds is 4. The summed E-state index contributed by atoms with van der Waals surface area (Å²) < 4.78 is 40.3. The van der Waals surface area contributed by atoms with Crippen LogP contribution in [0.1, 0.15) is 47.6 Å². The molecule has 1 aromatic carbocycles. The van der Waals surface area contributed by atoms with E-state index in [2.05, 4.69) is 10.3 Å². The number of carbonyl (C=O) groups is 1. The van der Waals surface area contributed by atoms with E-state index in [1.54, 1.807) is 6.07 Å². The monoisotopic (exact) mass is 416 g/mol. The molecule has 1 amide bonds. The van der Waals surface area contributed by atoms with Crippen molar-refractivity contribution < 1.29 is 18.0 Å². The highest BCUT2D eigenvalue weighted by Crippen LogP contribution is 2.41. The fourth-order valence-electron chi connectivity index (χ4n) is 3.33. The van der Waals surface area contributed by atoms with Gasteiger partial charge in [-0.05, 0) is 48.6 Å². The molecular formula is C19H17Cl2F3N2O. The normalized spacial score (nSPS) is 18.1. The van der Waals surface area contributed by atoms with E-state index >= 15 is 0 Å². The van der Waals surface area contributed by atoms with E-state index in [-0.39, 0.29) is 42.2 Å². The van der Waals surface area contributed by atoms with E-state index in [9.17, 15) is 18.0 Å².